The van der Waals surface area contributed by atoms with Crippen molar-refractivity contribution < 1.29 is 8.42 Å². The van der Waals surface area contributed by atoms with Crippen LogP contribution in [-0.2, 0) is 16.4 Å². The van der Waals surface area contributed by atoms with Gasteiger partial charge in [-0.15, -0.1) is 0 Å². The second kappa shape index (κ2) is 5.97. The molecule has 0 aliphatic rings. The Bertz CT molecular complexity index is 697. The van der Waals surface area contributed by atoms with E-state index in [0.717, 1.165) is 5.56 Å². The van der Waals surface area contributed by atoms with Gasteiger partial charge in [0.1, 0.15) is 10.8 Å². The standard InChI is InChI=1S/C11H13N5O2S2/c12-10(19)9-7-14-15-11(9)16-20(17,18)6-3-8-1-4-13-5-2-8/h1-2,4-5,7H,3,6H2,(H2,12,19)(H2,14,15,16). The fourth-order valence-electron chi connectivity index (χ4n) is 1.56. The number of nitrogens with two attached hydrogens (primary N) is 1. The van der Waals surface area contributed by atoms with Crippen LogP contribution in [0.2, 0.25) is 0 Å². The van der Waals surface area contributed by atoms with Crippen LogP contribution in [0.25, 0.3) is 0 Å². The number of aromatic nitrogens is 3. The molecule has 0 bridgehead atoms. The fraction of sp³-hybridized carbons (Fsp3) is 0.182. The molecule has 0 atom stereocenters. The SMILES string of the molecule is NC(=S)c1cn[nH]c1NS(=O)(=O)CCc1ccncc1. The van der Waals surface area contributed by atoms with E-state index < -0.39 is 10.0 Å². The van der Waals surface area contributed by atoms with E-state index in [1.165, 1.54) is 6.20 Å². The Morgan fingerprint density at radius 3 is 2.75 bits per heavy atom. The molecule has 0 saturated heterocycles. The van der Waals surface area contributed by atoms with Crippen LogP contribution < -0.4 is 10.5 Å². The normalized spacial score (nSPS) is 11.2. The summed E-state index contributed by atoms with van der Waals surface area (Å²) in [5, 5.41) is 6.24. The molecule has 0 saturated carbocycles. The van der Waals surface area contributed by atoms with Crippen molar-refractivity contribution in [3.05, 3.63) is 41.9 Å². The number of pyridine rings is 1. The van der Waals surface area contributed by atoms with Gasteiger partial charge in [-0.05, 0) is 24.1 Å². The third kappa shape index (κ3) is 3.75. The summed E-state index contributed by atoms with van der Waals surface area (Å²) in [6, 6.07) is 3.54. The lowest BCUT2D eigenvalue weighted by atomic mass is 10.2. The number of rotatable bonds is 6. The quantitative estimate of drug-likeness (QED) is 0.666. The molecule has 2 heterocycles. The van der Waals surface area contributed by atoms with Gasteiger partial charge in [-0.1, -0.05) is 12.2 Å². The van der Waals surface area contributed by atoms with E-state index >= 15 is 0 Å². The fourth-order valence-corrected chi connectivity index (χ4v) is 2.79. The minimum Gasteiger partial charge on any atom is -0.389 e. The van der Waals surface area contributed by atoms with E-state index in [1.807, 2.05) is 0 Å². The molecule has 0 radical (unpaired) electrons. The lowest BCUT2D eigenvalue weighted by Crippen LogP contribution is -2.21. The second-order valence-electron chi connectivity index (χ2n) is 4.05. The molecule has 20 heavy (non-hydrogen) atoms. The van der Waals surface area contributed by atoms with Crippen molar-refractivity contribution >= 4 is 33.0 Å². The van der Waals surface area contributed by atoms with Crippen LogP contribution >= 0.6 is 12.2 Å². The molecule has 0 fully saturated rings. The number of hydrogen-bond donors (Lipinski definition) is 3. The lowest BCUT2D eigenvalue weighted by Gasteiger charge is -2.07. The molecule has 2 aromatic rings. The zero-order chi connectivity index (χ0) is 14.6. The molecule has 106 valence electrons. The lowest BCUT2D eigenvalue weighted by molar-refractivity contribution is 0.600. The molecule has 7 nitrogen and oxygen atoms in total. The molecule has 2 rings (SSSR count). The first kappa shape index (κ1) is 14.4. The number of sulfonamides is 1. The molecule has 4 N–H and O–H groups in total. The first-order chi connectivity index (χ1) is 9.48. The Morgan fingerprint density at radius 1 is 1.40 bits per heavy atom. The van der Waals surface area contributed by atoms with Crippen LogP contribution in [0.4, 0.5) is 5.82 Å². The van der Waals surface area contributed by atoms with Crippen molar-refractivity contribution in [2.45, 2.75) is 6.42 Å². The number of thiocarbonyl (C=S) groups is 1. The number of anilines is 1. The average molecular weight is 311 g/mol. The van der Waals surface area contributed by atoms with Crippen LogP contribution in [0.5, 0.6) is 0 Å². The van der Waals surface area contributed by atoms with Gasteiger partial charge in [0.25, 0.3) is 0 Å². The number of aryl methyl sites for hydroxylation is 1. The van der Waals surface area contributed by atoms with Crippen LogP contribution in [-0.4, -0.2) is 34.3 Å². The number of aromatic amines is 1. The molecule has 2 aromatic heterocycles. The molecule has 0 unspecified atom stereocenters. The Hall–Kier alpha value is -2.00. The maximum Gasteiger partial charge on any atom is 0.234 e. The summed E-state index contributed by atoms with van der Waals surface area (Å²) in [5.74, 6) is 0.125. The summed E-state index contributed by atoms with van der Waals surface area (Å²) in [5.41, 5.74) is 6.73. The first-order valence-electron chi connectivity index (χ1n) is 5.70. The number of nitrogens with zero attached hydrogens (tertiary/aromatic N) is 2. The van der Waals surface area contributed by atoms with Gasteiger partial charge >= 0.3 is 0 Å². The smallest absolute Gasteiger partial charge is 0.234 e. The molecule has 0 spiro atoms. The summed E-state index contributed by atoms with van der Waals surface area (Å²) >= 11 is 4.81. The molecular formula is C11H13N5O2S2. The van der Waals surface area contributed by atoms with Gasteiger partial charge in [0.2, 0.25) is 10.0 Å². The van der Waals surface area contributed by atoms with Gasteiger partial charge in [-0.3, -0.25) is 14.8 Å². The van der Waals surface area contributed by atoms with Crippen LogP contribution in [0.15, 0.2) is 30.7 Å². The average Bonchev–Trinajstić information content (AvgIpc) is 2.85. The van der Waals surface area contributed by atoms with E-state index in [9.17, 15) is 8.42 Å². The van der Waals surface area contributed by atoms with Crippen molar-refractivity contribution in [3.63, 3.8) is 0 Å². The van der Waals surface area contributed by atoms with Crippen molar-refractivity contribution in [3.8, 4) is 0 Å². The van der Waals surface area contributed by atoms with Gasteiger partial charge < -0.3 is 5.73 Å². The predicted octanol–water partition coefficient (Wildman–Crippen LogP) is 0.423. The third-order valence-corrected chi connectivity index (χ3v) is 4.05. The zero-order valence-corrected chi connectivity index (χ0v) is 12.0. The predicted molar refractivity (Wildman–Crippen MR) is 79.8 cm³/mol. The molecule has 0 aliphatic heterocycles. The highest BCUT2D eigenvalue weighted by Gasteiger charge is 2.15. The van der Waals surface area contributed by atoms with Crippen molar-refractivity contribution in [2.24, 2.45) is 5.73 Å². The van der Waals surface area contributed by atoms with E-state index in [-0.39, 0.29) is 16.6 Å². The van der Waals surface area contributed by atoms with E-state index in [0.29, 0.717) is 12.0 Å². The summed E-state index contributed by atoms with van der Waals surface area (Å²) < 4.78 is 26.4. The highest BCUT2D eigenvalue weighted by Crippen LogP contribution is 2.13. The largest absolute Gasteiger partial charge is 0.389 e. The maximum absolute atomic E-state index is 12.0. The molecular weight excluding hydrogens is 298 g/mol. The van der Waals surface area contributed by atoms with E-state index in [1.54, 1.807) is 24.5 Å². The van der Waals surface area contributed by atoms with Gasteiger partial charge in [0.15, 0.2) is 0 Å². The van der Waals surface area contributed by atoms with Gasteiger partial charge in [0.05, 0.1) is 17.5 Å². The van der Waals surface area contributed by atoms with E-state index in [4.69, 9.17) is 18.0 Å². The third-order valence-electron chi connectivity index (χ3n) is 2.57. The number of nitrogens with one attached hydrogen (secondary N) is 2. The van der Waals surface area contributed by atoms with Crippen LogP contribution in [0.3, 0.4) is 0 Å². The summed E-state index contributed by atoms with van der Waals surface area (Å²) in [7, 11) is -3.52. The van der Waals surface area contributed by atoms with Crippen molar-refractivity contribution in [2.75, 3.05) is 10.5 Å². The zero-order valence-electron chi connectivity index (χ0n) is 10.4. The minimum atomic E-state index is -3.52. The van der Waals surface area contributed by atoms with E-state index in [2.05, 4.69) is 19.9 Å². The summed E-state index contributed by atoms with van der Waals surface area (Å²) in [4.78, 5) is 3.95. The Morgan fingerprint density at radius 2 is 2.10 bits per heavy atom. The monoisotopic (exact) mass is 311 g/mol. The van der Waals surface area contributed by atoms with Crippen molar-refractivity contribution in [1.82, 2.24) is 15.2 Å². The maximum atomic E-state index is 12.0. The number of hydrogen-bond acceptors (Lipinski definition) is 5. The minimum absolute atomic E-state index is 0.0627. The van der Waals surface area contributed by atoms with Crippen LogP contribution in [0.1, 0.15) is 11.1 Å². The highest BCUT2D eigenvalue weighted by atomic mass is 32.2. The topological polar surface area (TPSA) is 114 Å². The van der Waals surface area contributed by atoms with Gasteiger partial charge in [-0.2, -0.15) is 5.10 Å². The molecule has 9 heteroatoms. The second-order valence-corrected chi connectivity index (χ2v) is 6.33. The Balaban J connectivity index is 2.04. The van der Waals surface area contributed by atoms with Crippen molar-refractivity contribution in [1.29, 1.82) is 0 Å². The Kier molecular flexibility index (Phi) is 4.30. The van der Waals surface area contributed by atoms with Gasteiger partial charge in [0, 0.05) is 12.4 Å². The molecule has 0 aliphatic carbocycles. The van der Waals surface area contributed by atoms with Gasteiger partial charge in [-0.25, -0.2) is 8.42 Å². The van der Waals surface area contributed by atoms with Crippen LogP contribution in [0, 0.1) is 0 Å². The number of H-pyrrole nitrogens is 1. The highest BCUT2D eigenvalue weighted by molar-refractivity contribution is 7.92. The summed E-state index contributed by atoms with van der Waals surface area (Å²) in [6.07, 6.45) is 5.00. The first-order valence-corrected chi connectivity index (χ1v) is 7.76. The molecule has 0 amide bonds. The molecule has 0 aromatic carbocycles. The summed E-state index contributed by atoms with van der Waals surface area (Å²) in [6.45, 7) is 0. The Labute approximate surface area is 121 Å².